The molecular formula is C40H46Cl4N4O4. The summed E-state index contributed by atoms with van der Waals surface area (Å²) in [6.45, 7) is 6.20. The third-order valence-corrected chi connectivity index (χ3v) is 10.6. The molecule has 5 rings (SSSR count). The number of carbonyl (C=O) groups is 2. The number of hydrogen-bond donors (Lipinski definition) is 2. The highest BCUT2D eigenvalue weighted by Gasteiger charge is 2.48. The number of aryl methyl sites for hydroxylation is 1. The molecule has 2 N–H and O–H groups in total. The van der Waals surface area contributed by atoms with Crippen molar-refractivity contribution in [3.8, 4) is 0 Å². The van der Waals surface area contributed by atoms with Gasteiger partial charge in [-0.25, -0.2) is 9.69 Å². The van der Waals surface area contributed by atoms with Crippen LogP contribution in [-0.4, -0.2) is 29.0 Å². The summed E-state index contributed by atoms with van der Waals surface area (Å²) in [5.74, 6) is -0.619. The number of para-hydroxylation sites is 1. The van der Waals surface area contributed by atoms with Crippen molar-refractivity contribution >= 4 is 92.5 Å². The first-order valence-corrected chi connectivity index (χ1v) is 19.7. The second kappa shape index (κ2) is 18.6. The molecule has 1 aliphatic rings. The van der Waals surface area contributed by atoms with Crippen LogP contribution < -0.4 is 15.2 Å². The quantitative estimate of drug-likeness (QED) is 0.104. The van der Waals surface area contributed by atoms with Crippen molar-refractivity contribution in [1.82, 2.24) is 0 Å². The number of nitrogens with one attached hydrogen (secondary N) is 1. The van der Waals surface area contributed by atoms with Crippen LogP contribution in [0.5, 0.6) is 0 Å². The number of rotatable bonds is 17. The topological polar surface area (TPSA) is 98.4 Å². The van der Waals surface area contributed by atoms with E-state index < -0.39 is 18.0 Å². The maximum atomic E-state index is 14.6. The Morgan fingerprint density at radius 3 is 2.17 bits per heavy atom. The van der Waals surface area contributed by atoms with Crippen LogP contribution in [0, 0.1) is 6.92 Å². The van der Waals surface area contributed by atoms with E-state index in [4.69, 9.17) is 50.8 Å². The molecule has 1 aromatic heterocycles. The highest BCUT2D eigenvalue weighted by Crippen LogP contribution is 2.45. The summed E-state index contributed by atoms with van der Waals surface area (Å²) in [5, 5.41) is 21.7. The van der Waals surface area contributed by atoms with Gasteiger partial charge in [-0.3, -0.25) is 4.79 Å². The number of amides is 2. The molecule has 0 saturated carbocycles. The fourth-order valence-electron chi connectivity index (χ4n) is 6.90. The predicted octanol–water partition coefficient (Wildman–Crippen LogP) is 13.5. The number of hydrazone groups is 1. The number of unbranched alkanes of at least 4 members (excludes halogenated alkanes) is 8. The van der Waals surface area contributed by atoms with Gasteiger partial charge < -0.3 is 14.8 Å². The monoisotopic (exact) mass is 786 g/mol. The molecule has 2 amide bonds. The van der Waals surface area contributed by atoms with Crippen molar-refractivity contribution in [3.63, 3.8) is 0 Å². The number of carboxylic acid groups (broad SMARTS) is 1. The SMILES string of the molecule is CCCCCCCCCCC(CCCC)c1c(N(C(=O)O)C2C(=O)N(c3c(Cl)cc(C)cc3Cl)N=C2Nc2ccc(Cl)cc2Cl)oc2ccccc12. The van der Waals surface area contributed by atoms with Crippen molar-refractivity contribution in [3.05, 3.63) is 85.8 Å². The Morgan fingerprint density at radius 2 is 1.52 bits per heavy atom. The van der Waals surface area contributed by atoms with Gasteiger partial charge in [-0.2, -0.15) is 5.01 Å². The molecule has 0 bridgehead atoms. The summed E-state index contributed by atoms with van der Waals surface area (Å²) in [7, 11) is 0. The number of fused-ring (bicyclic) bond motifs is 1. The molecule has 0 radical (unpaired) electrons. The average Bonchev–Trinajstić information content (AvgIpc) is 3.62. The molecule has 3 aromatic carbocycles. The van der Waals surface area contributed by atoms with Crippen molar-refractivity contribution in [1.29, 1.82) is 0 Å². The molecule has 0 fully saturated rings. The number of halogens is 4. The van der Waals surface area contributed by atoms with E-state index in [1.165, 1.54) is 38.5 Å². The predicted molar refractivity (Wildman–Crippen MR) is 216 cm³/mol. The number of benzene rings is 3. The summed E-state index contributed by atoms with van der Waals surface area (Å²) in [6.07, 6.45) is 11.8. The van der Waals surface area contributed by atoms with E-state index in [2.05, 4.69) is 24.3 Å². The van der Waals surface area contributed by atoms with Gasteiger partial charge in [0.05, 0.1) is 20.8 Å². The average molecular weight is 789 g/mol. The van der Waals surface area contributed by atoms with Gasteiger partial charge in [0.15, 0.2) is 11.9 Å². The molecule has 2 atom stereocenters. The van der Waals surface area contributed by atoms with Crippen molar-refractivity contribution in [2.45, 2.75) is 110 Å². The minimum Gasteiger partial charge on any atom is -0.465 e. The van der Waals surface area contributed by atoms with Crippen molar-refractivity contribution in [2.24, 2.45) is 5.10 Å². The van der Waals surface area contributed by atoms with E-state index in [1.807, 2.05) is 31.2 Å². The van der Waals surface area contributed by atoms with E-state index >= 15 is 0 Å². The molecule has 8 nitrogen and oxygen atoms in total. The number of carbonyl (C=O) groups excluding carboxylic acids is 1. The first kappa shape index (κ1) is 39.8. The normalized spacial score (nSPS) is 15.0. The number of nitrogens with zero attached hydrogens (tertiary/aromatic N) is 3. The maximum Gasteiger partial charge on any atom is 0.415 e. The van der Waals surface area contributed by atoms with Gasteiger partial charge in [0.1, 0.15) is 11.3 Å². The van der Waals surface area contributed by atoms with Crippen LogP contribution in [-0.2, 0) is 4.79 Å². The van der Waals surface area contributed by atoms with Crippen LogP contribution in [0.4, 0.5) is 22.1 Å². The third kappa shape index (κ3) is 9.19. The van der Waals surface area contributed by atoms with Crippen LogP contribution in [0.3, 0.4) is 0 Å². The molecule has 12 heteroatoms. The Bertz CT molecular complexity index is 1890. The Hall–Kier alpha value is -3.43. The van der Waals surface area contributed by atoms with E-state index in [-0.39, 0.29) is 38.4 Å². The fourth-order valence-corrected chi connectivity index (χ4v) is 8.11. The zero-order valence-corrected chi connectivity index (χ0v) is 32.9. The smallest absolute Gasteiger partial charge is 0.415 e. The van der Waals surface area contributed by atoms with Crippen molar-refractivity contribution < 1.29 is 19.1 Å². The molecule has 4 aromatic rings. The second-order valence-electron chi connectivity index (χ2n) is 13.4. The maximum absolute atomic E-state index is 14.6. The first-order valence-electron chi connectivity index (χ1n) is 18.2. The van der Waals surface area contributed by atoms with Crippen LogP contribution in [0.25, 0.3) is 11.0 Å². The molecule has 1 aliphatic heterocycles. The Kier molecular flexibility index (Phi) is 14.2. The number of amidine groups is 1. The molecule has 52 heavy (non-hydrogen) atoms. The van der Waals surface area contributed by atoms with Crippen LogP contribution in [0.2, 0.25) is 20.1 Å². The van der Waals surface area contributed by atoms with E-state index in [0.717, 1.165) is 64.9 Å². The van der Waals surface area contributed by atoms with Crippen molar-refractivity contribution in [2.75, 3.05) is 15.2 Å². The molecule has 2 unspecified atom stereocenters. The lowest BCUT2D eigenvalue weighted by Gasteiger charge is -2.27. The Morgan fingerprint density at radius 1 is 0.885 bits per heavy atom. The summed E-state index contributed by atoms with van der Waals surface area (Å²) >= 11 is 26.0. The van der Waals surface area contributed by atoms with E-state index in [1.54, 1.807) is 30.3 Å². The number of anilines is 3. The van der Waals surface area contributed by atoms with Gasteiger partial charge in [0.25, 0.3) is 5.91 Å². The van der Waals surface area contributed by atoms with E-state index in [0.29, 0.717) is 16.3 Å². The Balaban J connectivity index is 1.59. The van der Waals surface area contributed by atoms with Gasteiger partial charge in [-0.1, -0.05) is 143 Å². The standard InChI is InChI=1S/C40H46Cl4N4O4/c1-4-6-8-9-10-11-12-13-17-26(16-7-5-2)34-28-18-14-15-19-33(28)52-39(34)47(40(50)51)36-37(45-32-21-20-27(41)24-29(32)42)46-48(38(36)49)35-30(43)22-25(3)23-31(35)44/h14-15,18-24,26,36H,4-13,16-17H2,1-3H3,(H,45,46)(H,50,51). The van der Waals surface area contributed by atoms with Crippen LogP contribution in [0.15, 0.2) is 64.1 Å². The highest BCUT2D eigenvalue weighted by molar-refractivity contribution is 6.41. The molecule has 0 saturated heterocycles. The van der Waals surface area contributed by atoms with Gasteiger partial charge in [0, 0.05) is 16.0 Å². The first-order chi connectivity index (χ1) is 25.0. The largest absolute Gasteiger partial charge is 0.465 e. The molecule has 0 aliphatic carbocycles. The zero-order chi connectivity index (χ0) is 37.4. The van der Waals surface area contributed by atoms with Gasteiger partial charge in [-0.05, 0) is 67.6 Å². The summed E-state index contributed by atoms with van der Waals surface area (Å²) in [4.78, 5) is 29.1. The highest BCUT2D eigenvalue weighted by atomic mass is 35.5. The minimum atomic E-state index is -1.51. The summed E-state index contributed by atoms with van der Waals surface area (Å²) < 4.78 is 6.46. The molecule has 0 spiro atoms. The van der Waals surface area contributed by atoms with E-state index in [9.17, 15) is 14.7 Å². The summed E-state index contributed by atoms with van der Waals surface area (Å²) in [5.41, 5.74) is 2.60. The Labute approximate surface area is 326 Å². The fraction of sp³-hybridized carbons (Fsp3) is 0.425. The lowest BCUT2D eigenvalue weighted by atomic mass is 9.87. The molecule has 278 valence electrons. The molecular weight excluding hydrogens is 742 g/mol. The number of furan rings is 1. The lowest BCUT2D eigenvalue weighted by molar-refractivity contribution is -0.117. The van der Waals surface area contributed by atoms with Gasteiger partial charge in [0.2, 0.25) is 5.88 Å². The van der Waals surface area contributed by atoms with Gasteiger partial charge in [-0.15, -0.1) is 5.10 Å². The number of hydrogen-bond acceptors (Lipinski definition) is 5. The minimum absolute atomic E-state index is 0.00630. The molecule has 2 heterocycles. The lowest BCUT2D eigenvalue weighted by Crippen LogP contribution is -2.51. The summed E-state index contributed by atoms with van der Waals surface area (Å²) in [6, 6.07) is 14.2. The third-order valence-electron chi connectivity index (χ3n) is 9.49. The van der Waals surface area contributed by atoms with Crippen LogP contribution in [0.1, 0.15) is 108 Å². The van der Waals surface area contributed by atoms with Crippen LogP contribution >= 0.6 is 46.4 Å². The second-order valence-corrected chi connectivity index (χ2v) is 15.1. The van der Waals surface area contributed by atoms with Gasteiger partial charge >= 0.3 is 6.09 Å². The zero-order valence-electron chi connectivity index (χ0n) is 29.9.